The van der Waals surface area contributed by atoms with Gasteiger partial charge in [-0.3, -0.25) is 0 Å². The van der Waals surface area contributed by atoms with Crippen LogP contribution in [0.15, 0.2) is 54.6 Å². The van der Waals surface area contributed by atoms with Crippen molar-refractivity contribution in [1.29, 1.82) is 0 Å². The molecule has 1 N–H and O–H groups in total. The smallest absolute Gasteiger partial charge is 0.143 e. The van der Waals surface area contributed by atoms with Crippen molar-refractivity contribution in [3.63, 3.8) is 0 Å². The molecule has 0 saturated heterocycles. The maximum atomic E-state index is 4.98. The van der Waals surface area contributed by atoms with E-state index in [9.17, 15) is 0 Å². The molecule has 0 fully saturated rings. The van der Waals surface area contributed by atoms with E-state index in [-0.39, 0.29) is 0 Å². The highest BCUT2D eigenvalue weighted by Crippen LogP contribution is 2.39. The molecular weight excluding hydrogens is 362 g/mol. The predicted octanol–water partition coefficient (Wildman–Crippen LogP) is 6.21. The van der Waals surface area contributed by atoms with E-state index in [0.717, 1.165) is 35.0 Å². The van der Waals surface area contributed by atoms with Gasteiger partial charge in [-0.15, -0.1) is 11.3 Å². The van der Waals surface area contributed by atoms with Crippen LogP contribution in [0.3, 0.4) is 0 Å². The van der Waals surface area contributed by atoms with Crippen molar-refractivity contribution in [3.8, 4) is 0 Å². The first-order valence-electron chi connectivity index (χ1n) is 9.95. The Bertz CT molecular complexity index is 1110. The summed E-state index contributed by atoms with van der Waals surface area (Å²) in [6.45, 7) is 2.11. The minimum absolute atomic E-state index is 0.752. The predicted molar refractivity (Wildman–Crippen MR) is 118 cm³/mol. The van der Waals surface area contributed by atoms with Crippen molar-refractivity contribution in [2.45, 2.75) is 39.0 Å². The molecule has 0 radical (unpaired) electrons. The highest BCUT2D eigenvalue weighted by atomic mass is 32.1. The van der Waals surface area contributed by atoms with Crippen LogP contribution < -0.4 is 5.32 Å². The molecule has 2 aromatic heterocycles. The summed E-state index contributed by atoms with van der Waals surface area (Å²) in [6.07, 6.45) is 5.61. The molecule has 4 heteroatoms. The summed E-state index contributed by atoms with van der Waals surface area (Å²) >= 11 is 1.86. The van der Waals surface area contributed by atoms with Gasteiger partial charge in [0, 0.05) is 17.0 Å². The molecule has 4 aromatic rings. The van der Waals surface area contributed by atoms with Gasteiger partial charge >= 0.3 is 0 Å². The molecule has 1 aliphatic carbocycles. The fourth-order valence-corrected chi connectivity index (χ4v) is 5.20. The van der Waals surface area contributed by atoms with E-state index >= 15 is 0 Å². The van der Waals surface area contributed by atoms with Crippen LogP contribution >= 0.6 is 11.3 Å². The first-order chi connectivity index (χ1) is 13.8. The first kappa shape index (κ1) is 17.4. The summed E-state index contributed by atoms with van der Waals surface area (Å²) in [5.41, 5.74) is 5.04. The average molecular weight is 386 g/mol. The van der Waals surface area contributed by atoms with E-state index in [4.69, 9.17) is 9.97 Å². The molecule has 0 saturated carbocycles. The maximum Gasteiger partial charge on any atom is 0.143 e. The number of thiophene rings is 1. The van der Waals surface area contributed by atoms with Crippen LogP contribution in [-0.4, -0.2) is 9.97 Å². The molecule has 0 aliphatic heterocycles. The van der Waals surface area contributed by atoms with Crippen molar-refractivity contribution in [3.05, 3.63) is 82.0 Å². The first-order valence-corrected chi connectivity index (χ1v) is 10.8. The molecule has 0 bridgehead atoms. The molecule has 28 heavy (non-hydrogen) atoms. The topological polar surface area (TPSA) is 37.8 Å². The SMILES string of the molecule is Cc1ccc(Nc2nc(Cc3ccccc3)nc3sc4c(c23)CCCC4)cc1. The summed E-state index contributed by atoms with van der Waals surface area (Å²) in [5.74, 6) is 1.84. The maximum absolute atomic E-state index is 4.98. The highest BCUT2D eigenvalue weighted by molar-refractivity contribution is 7.19. The van der Waals surface area contributed by atoms with Crippen molar-refractivity contribution >= 4 is 33.1 Å². The molecule has 140 valence electrons. The van der Waals surface area contributed by atoms with Gasteiger partial charge in [0.05, 0.1) is 5.39 Å². The molecule has 0 spiro atoms. The van der Waals surface area contributed by atoms with Crippen LogP contribution in [-0.2, 0) is 19.3 Å². The molecule has 3 nitrogen and oxygen atoms in total. The standard InChI is InChI=1S/C24H23N3S/c1-16-11-13-18(14-12-16)25-23-22-19-9-5-6-10-20(19)28-24(22)27-21(26-23)15-17-7-3-2-4-8-17/h2-4,7-8,11-14H,5-6,9-10,15H2,1H3,(H,25,26,27). The van der Waals surface area contributed by atoms with Gasteiger partial charge < -0.3 is 5.32 Å². The van der Waals surface area contributed by atoms with E-state index in [1.54, 1.807) is 0 Å². The van der Waals surface area contributed by atoms with Crippen molar-refractivity contribution in [1.82, 2.24) is 9.97 Å². The van der Waals surface area contributed by atoms with E-state index in [0.29, 0.717) is 0 Å². The fourth-order valence-electron chi connectivity index (χ4n) is 3.92. The van der Waals surface area contributed by atoms with Gasteiger partial charge in [0.25, 0.3) is 0 Å². The normalized spacial score (nSPS) is 13.5. The van der Waals surface area contributed by atoms with Crippen LogP contribution in [0.25, 0.3) is 10.2 Å². The monoisotopic (exact) mass is 385 g/mol. The molecule has 5 rings (SSSR count). The van der Waals surface area contributed by atoms with Crippen molar-refractivity contribution < 1.29 is 0 Å². The van der Waals surface area contributed by atoms with Crippen molar-refractivity contribution in [2.75, 3.05) is 5.32 Å². The second kappa shape index (κ2) is 7.36. The molecule has 2 heterocycles. The molecule has 0 unspecified atom stereocenters. The number of hydrogen-bond acceptors (Lipinski definition) is 4. The Labute approximate surface area is 169 Å². The fraction of sp³-hybridized carbons (Fsp3) is 0.250. The number of aryl methyl sites for hydroxylation is 3. The minimum Gasteiger partial charge on any atom is -0.340 e. The van der Waals surface area contributed by atoms with E-state index < -0.39 is 0 Å². The third-order valence-corrected chi connectivity index (χ3v) is 6.57. The number of benzene rings is 2. The van der Waals surface area contributed by atoms with Gasteiger partial charge in [-0.05, 0) is 55.9 Å². The summed E-state index contributed by atoms with van der Waals surface area (Å²) < 4.78 is 0. The van der Waals surface area contributed by atoms with E-state index in [2.05, 4.69) is 60.8 Å². The highest BCUT2D eigenvalue weighted by Gasteiger charge is 2.21. The number of aromatic nitrogens is 2. The number of anilines is 2. The van der Waals surface area contributed by atoms with Gasteiger partial charge in [0.1, 0.15) is 16.5 Å². The van der Waals surface area contributed by atoms with E-state index in [1.807, 2.05) is 17.4 Å². The zero-order chi connectivity index (χ0) is 18.9. The largest absolute Gasteiger partial charge is 0.340 e. The average Bonchev–Trinajstić information content (AvgIpc) is 3.09. The molecule has 0 atom stereocenters. The zero-order valence-corrected chi connectivity index (χ0v) is 16.9. The minimum atomic E-state index is 0.752. The number of rotatable bonds is 4. The second-order valence-corrected chi connectivity index (χ2v) is 8.62. The summed E-state index contributed by atoms with van der Waals surface area (Å²) in [7, 11) is 0. The van der Waals surface area contributed by atoms with Crippen LogP contribution in [0.2, 0.25) is 0 Å². The molecular formula is C24H23N3S. The Morgan fingerprint density at radius 1 is 0.929 bits per heavy atom. The summed E-state index contributed by atoms with van der Waals surface area (Å²) in [4.78, 5) is 12.6. The van der Waals surface area contributed by atoms with Gasteiger partial charge in [0.2, 0.25) is 0 Å². The lowest BCUT2D eigenvalue weighted by Gasteiger charge is -2.13. The van der Waals surface area contributed by atoms with Gasteiger partial charge in [0.15, 0.2) is 0 Å². The number of fused-ring (bicyclic) bond motifs is 3. The number of nitrogens with zero attached hydrogens (tertiary/aromatic N) is 2. The van der Waals surface area contributed by atoms with Crippen molar-refractivity contribution in [2.24, 2.45) is 0 Å². The van der Waals surface area contributed by atoms with Crippen LogP contribution in [0.1, 0.15) is 40.2 Å². The second-order valence-electron chi connectivity index (χ2n) is 7.53. The zero-order valence-electron chi connectivity index (χ0n) is 16.0. The molecule has 1 aliphatic rings. The lowest BCUT2D eigenvalue weighted by atomic mass is 9.97. The lowest BCUT2D eigenvalue weighted by Crippen LogP contribution is -2.04. The van der Waals surface area contributed by atoms with Crippen LogP contribution in [0.4, 0.5) is 11.5 Å². The van der Waals surface area contributed by atoms with Gasteiger partial charge in [-0.2, -0.15) is 0 Å². The Morgan fingerprint density at radius 3 is 2.54 bits per heavy atom. The Morgan fingerprint density at radius 2 is 1.71 bits per heavy atom. The third-order valence-electron chi connectivity index (χ3n) is 5.38. The van der Waals surface area contributed by atoms with Crippen LogP contribution in [0, 0.1) is 6.92 Å². The lowest BCUT2D eigenvalue weighted by molar-refractivity contribution is 0.700. The summed E-state index contributed by atoms with van der Waals surface area (Å²) in [5, 5.41) is 4.83. The molecule has 0 amide bonds. The number of hydrogen-bond donors (Lipinski definition) is 1. The summed E-state index contributed by atoms with van der Waals surface area (Å²) in [6, 6.07) is 19.0. The van der Waals surface area contributed by atoms with E-state index in [1.165, 1.54) is 46.2 Å². The van der Waals surface area contributed by atoms with Gasteiger partial charge in [-0.1, -0.05) is 48.0 Å². The Kier molecular flexibility index (Phi) is 4.57. The van der Waals surface area contributed by atoms with Crippen LogP contribution in [0.5, 0.6) is 0 Å². The number of nitrogens with one attached hydrogen (secondary N) is 1. The third kappa shape index (κ3) is 3.40. The van der Waals surface area contributed by atoms with Gasteiger partial charge in [-0.25, -0.2) is 9.97 Å². The Hall–Kier alpha value is -2.72. The quantitative estimate of drug-likeness (QED) is 0.453. The molecule has 2 aromatic carbocycles. The Balaban J connectivity index is 1.61.